The van der Waals surface area contributed by atoms with E-state index in [0.717, 1.165) is 0 Å². The molecule has 2 aliphatic heterocycles. The number of carbonyl (C=O) groups is 1. The van der Waals surface area contributed by atoms with Crippen molar-refractivity contribution in [3.8, 4) is 0 Å². The van der Waals surface area contributed by atoms with Gasteiger partial charge in [0.2, 0.25) is 0 Å². The first kappa shape index (κ1) is 11.6. The molecule has 92 valence electrons. The predicted molar refractivity (Wildman–Crippen MR) is 56.0 cm³/mol. The van der Waals surface area contributed by atoms with Gasteiger partial charge >= 0.3 is 6.09 Å². The number of hydrogen-bond acceptors (Lipinski definition) is 3. The first-order valence-corrected chi connectivity index (χ1v) is 5.62. The minimum Gasteiger partial charge on any atom is -0.444 e. The van der Waals surface area contributed by atoms with Crippen LogP contribution < -0.4 is 0 Å². The third-order valence-corrected chi connectivity index (χ3v) is 2.71. The van der Waals surface area contributed by atoms with Crippen molar-refractivity contribution in [3.63, 3.8) is 0 Å². The first-order chi connectivity index (χ1) is 7.37. The maximum atomic E-state index is 13.3. The number of ether oxygens (including phenoxy) is 2. The normalized spacial score (nSPS) is 34.0. The van der Waals surface area contributed by atoms with Crippen LogP contribution in [0.4, 0.5) is 9.18 Å². The largest absolute Gasteiger partial charge is 0.444 e. The molecular weight excluding hydrogens is 213 g/mol. The molecule has 0 radical (unpaired) electrons. The van der Waals surface area contributed by atoms with Crippen molar-refractivity contribution in [2.45, 2.75) is 51.1 Å². The van der Waals surface area contributed by atoms with Crippen LogP contribution in [0.1, 0.15) is 27.2 Å². The van der Waals surface area contributed by atoms with Gasteiger partial charge in [0.25, 0.3) is 0 Å². The zero-order chi connectivity index (χ0) is 11.9. The second kappa shape index (κ2) is 3.87. The summed E-state index contributed by atoms with van der Waals surface area (Å²) in [6.45, 7) is 6.15. The highest BCUT2D eigenvalue weighted by Gasteiger charge is 2.46. The van der Waals surface area contributed by atoms with E-state index in [2.05, 4.69) is 0 Å². The Bertz CT molecular complexity index is 285. The molecule has 2 heterocycles. The first-order valence-electron chi connectivity index (χ1n) is 5.62. The SMILES string of the molecule is CC(C)(C)OC(=O)N1C[C@H](F)CC1[C@@H]1CO1. The molecule has 4 nitrogen and oxygen atoms in total. The highest BCUT2D eigenvalue weighted by Crippen LogP contribution is 2.31. The van der Waals surface area contributed by atoms with Crippen LogP contribution in [0.2, 0.25) is 0 Å². The Morgan fingerprint density at radius 1 is 1.50 bits per heavy atom. The molecule has 1 unspecified atom stereocenters. The predicted octanol–water partition coefficient (Wildman–Crippen LogP) is 1.73. The summed E-state index contributed by atoms with van der Waals surface area (Å²) in [4.78, 5) is 13.3. The summed E-state index contributed by atoms with van der Waals surface area (Å²) in [5, 5.41) is 0. The highest BCUT2D eigenvalue weighted by atomic mass is 19.1. The fourth-order valence-corrected chi connectivity index (χ4v) is 1.97. The number of epoxide rings is 1. The molecule has 0 bridgehead atoms. The number of hydrogen-bond donors (Lipinski definition) is 0. The molecule has 2 saturated heterocycles. The summed E-state index contributed by atoms with van der Waals surface area (Å²) >= 11 is 0. The van der Waals surface area contributed by atoms with Gasteiger partial charge in [-0.05, 0) is 20.8 Å². The van der Waals surface area contributed by atoms with Crippen LogP contribution in [0.25, 0.3) is 0 Å². The number of carbonyl (C=O) groups excluding carboxylic acids is 1. The Hall–Kier alpha value is -0.840. The van der Waals surface area contributed by atoms with E-state index >= 15 is 0 Å². The molecule has 0 aliphatic carbocycles. The van der Waals surface area contributed by atoms with Crippen LogP contribution in [-0.2, 0) is 9.47 Å². The molecule has 2 aliphatic rings. The van der Waals surface area contributed by atoms with Gasteiger partial charge in [-0.25, -0.2) is 9.18 Å². The van der Waals surface area contributed by atoms with E-state index < -0.39 is 17.9 Å². The Morgan fingerprint density at radius 3 is 2.62 bits per heavy atom. The van der Waals surface area contributed by atoms with Crippen molar-refractivity contribution in [1.29, 1.82) is 0 Å². The van der Waals surface area contributed by atoms with Gasteiger partial charge in [0.05, 0.1) is 19.2 Å². The van der Waals surface area contributed by atoms with Crippen LogP contribution in [0.15, 0.2) is 0 Å². The smallest absolute Gasteiger partial charge is 0.410 e. The van der Waals surface area contributed by atoms with Crippen LogP contribution in [-0.4, -0.2) is 48.1 Å². The molecule has 0 N–H and O–H groups in total. The van der Waals surface area contributed by atoms with Gasteiger partial charge in [0, 0.05) is 6.42 Å². The molecule has 16 heavy (non-hydrogen) atoms. The lowest BCUT2D eigenvalue weighted by Gasteiger charge is -2.27. The summed E-state index contributed by atoms with van der Waals surface area (Å²) in [6, 6.07) is -0.148. The fraction of sp³-hybridized carbons (Fsp3) is 0.909. The summed E-state index contributed by atoms with van der Waals surface area (Å²) < 4.78 is 23.7. The lowest BCUT2D eigenvalue weighted by atomic mass is 10.1. The zero-order valence-corrected chi connectivity index (χ0v) is 9.90. The topological polar surface area (TPSA) is 42.1 Å². The maximum Gasteiger partial charge on any atom is 0.410 e. The number of likely N-dealkylation sites (tertiary alicyclic amines) is 1. The van der Waals surface area contributed by atoms with Crippen LogP contribution in [0, 0.1) is 0 Å². The van der Waals surface area contributed by atoms with Crippen LogP contribution >= 0.6 is 0 Å². The molecule has 0 saturated carbocycles. The summed E-state index contributed by atoms with van der Waals surface area (Å²) in [5.41, 5.74) is -0.541. The third-order valence-electron chi connectivity index (χ3n) is 2.71. The van der Waals surface area contributed by atoms with Crippen LogP contribution in [0.5, 0.6) is 0 Å². The van der Waals surface area contributed by atoms with E-state index in [1.54, 1.807) is 20.8 Å². The molecule has 1 amide bonds. The van der Waals surface area contributed by atoms with Gasteiger partial charge in [0.15, 0.2) is 0 Å². The van der Waals surface area contributed by atoms with Gasteiger partial charge in [-0.1, -0.05) is 0 Å². The lowest BCUT2D eigenvalue weighted by molar-refractivity contribution is 0.0197. The maximum absolute atomic E-state index is 13.3. The monoisotopic (exact) mass is 231 g/mol. The number of nitrogens with zero attached hydrogens (tertiary/aromatic N) is 1. The van der Waals surface area contributed by atoms with Crippen molar-refractivity contribution in [2.75, 3.05) is 13.2 Å². The lowest BCUT2D eigenvalue weighted by Crippen LogP contribution is -2.42. The van der Waals surface area contributed by atoms with E-state index in [0.29, 0.717) is 13.0 Å². The molecule has 3 atom stereocenters. The molecule has 0 aromatic heterocycles. The highest BCUT2D eigenvalue weighted by molar-refractivity contribution is 5.69. The van der Waals surface area contributed by atoms with Gasteiger partial charge in [-0.2, -0.15) is 0 Å². The Morgan fingerprint density at radius 2 is 2.12 bits per heavy atom. The van der Waals surface area contributed by atoms with Crippen molar-refractivity contribution >= 4 is 6.09 Å². The van der Waals surface area contributed by atoms with E-state index in [-0.39, 0.29) is 18.7 Å². The van der Waals surface area contributed by atoms with Crippen molar-refractivity contribution < 1.29 is 18.7 Å². The van der Waals surface area contributed by atoms with Gasteiger partial charge in [0.1, 0.15) is 17.9 Å². The quantitative estimate of drug-likeness (QED) is 0.645. The van der Waals surface area contributed by atoms with E-state index in [1.807, 2.05) is 0 Å². The minimum absolute atomic E-state index is 0.00766. The summed E-state index contributed by atoms with van der Waals surface area (Å²) in [5.74, 6) is 0. The number of amides is 1. The third kappa shape index (κ3) is 2.64. The molecule has 0 spiro atoms. The molecular formula is C11H18FNO3. The second-order valence-electron chi connectivity index (χ2n) is 5.40. The average Bonchev–Trinajstić information content (AvgIpc) is 2.87. The number of halogens is 1. The van der Waals surface area contributed by atoms with Crippen molar-refractivity contribution in [3.05, 3.63) is 0 Å². The molecule has 2 fully saturated rings. The molecule has 0 aromatic rings. The van der Waals surface area contributed by atoms with E-state index in [4.69, 9.17) is 9.47 Å². The Balaban J connectivity index is 1.98. The molecule has 5 heteroatoms. The zero-order valence-electron chi connectivity index (χ0n) is 9.90. The fourth-order valence-electron chi connectivity index (χ4n) is 1.97. The Labute approximate surface area is 94.7 Å². The minimum atomic E-state index is -0.957. The standard InChI is InChI=1S/C11H18FNO3/c1-11(2,3)16-10(14)13-5-7(12)4-8(13)9-6-15-9/h7-9H,4-6H2,1-3H3/t7-,8?,9+/m1/s1. The summed E-state index contributed by atoms with van der Waals surface area (Å²) in [7, 11) is 0. The number of alkyl halides is 1. The van der Waals surface area contributed by atoms with E-state index in [9.17, 15) is 9.18 Å². The second-order valence-corrected chi connectivity index (χ2v) is 5.40. The molecule has 2 rings (SSSR count). The van der Waals surface area contributed by atoms with Gasteiger partial charge in [-0.3, -0.25) is 4.90 Å². The van der Waals surface area contributed by atoms with Crippen LogP contribution in [0.3, 0.4) is 0 Å². The molecule has 0 aromatic carbocycles. The van der Waals surface area contributed by atoms with Gasteiger partial charge in [-0.15, -0.1) is 0 Å². The Kier molecular flexibility index (Phi) is 2.82. The summed E-state index contributed by atoms with van der Waals surface area (Å²) in [6.07, 6.45) is -1.02. The number of rotatable bonds is 1. The van der Waals surface area contributed by atoms with E-state index in [1.165, 1.54) is 4.90 Å². The average molecular weight is 231 g/mol. The van der Waals surface area contributed by atoms with Gasteiger partial charge < -0.3 is 9.47 Å². The van der Waals surface area contributed by atoms with Crippen molar-refractivity contribution in [1.82, 2.24) is 4.90 Å². The van der Waals surface area contributed by atoms with Crippen molar-refractivity contribution in [2.24, 2.45) is 0 Å².